The Balaban J connectivity index is 1.72. The molecule has 1 unspecified atom stereocenters. The highest BCUT2D eigenvalue weighted by Gasteiger charge is 2.34. The molecule has 0 heterocycles. The van der Waals surface area contributed by atoms with Crippen molar-refractivity contribution in [2.45, 2.75) is 44.9 Å². The molecule has 3 nitrogen and oxygen atoms in total. The minimum absolute atomic E-state index is 0.0741. The summed E-state index contributed by atoms with van der Waals surface area (Å²) in [4.78, 5) is 14.8. The number of rotatable bonds is 7. The molecule has 2 aromatic carbocycles. The molecular weight excluding hydrogens is 367 g/mol. The van der Waals surface area contributed by atoms with E-state index in [0.29, 0.717) is 18.0 Å². The third-order valence-corrected chi connectivity index (χ3v) is 5.26. The maximum absolute atomic E-state index is 13.0. The first-order valence-electron chi connectivity index (χ1n) is 9.36. The Hall–Kier alpha value is -2.50. The molecular formula is C22H24F3NO2. The van der Waals surface area contributed by atoms with Crippen LogP contribution in [-0.2, 0) is 23.9 Å². The number of amides is 1. The summed E-state index contributed by atoms with van der Waals surface area (Å²) in [5.74, 6) is 1.17. The van der Waals surface area contributed by atoms with Gasteiger partial charge >= 0.3 is 6.18 Å². The van der Waals surface area contributed by atoms with E-state index in [4.69, 9.17) is 4.74 Å². The predicted molar refractivity (Wildman–Crippen MR) is 101 cm³/mol. The quantitative estimate of drug-likeness (QED) is 0.658. The van der Waals surface area contributed by atoms with Gasteiger partial charge in [0.2, 0.25) is 5.91 Å². The zero-order valence-electron chi connectivity index (χ0n) is 16.0. The van der Waals surface area contributed by atoms with Gasteiger partial charge in [-0.2, -0.15) is 13.2 Å². The zero-order chi connectivity index (χ0) is 20.3. The van der Waals surface area contributed by atoms with Crippen LogP contribution < -0.4 is 4.74 Å². The highest BCUT2D eigenvalue weighted by molar-refractivity contribution is 5.79. The smallest absolute Gasteiger partial charge is 0.416 e. The monoisotopic (exact) mass is 391 g/mol. The second-order valence-corrected chi connectivity index (χ2v) is 7.32. The first-order valence-corrected chi connectivity index (χ1v) is 9.36. The fraction of sp³-hybridized carbons (Fsp3) is 0.409. The van der Waals surface area contributed by atoms with Crippen molar-refractivity contribution >= 4 is 5.91 Å². The van der Waals surface area contributed by atoms with E-state index in [-0.39, 0.29) is 18.4 Å². The summed E-state index contributed by atoms with van der Waals surface area (Å²) >= 11 is 0. The normalized spacial score (nSPS) is 15.2. The predicted octanol–water partition coefficient (Wildman–Crippen LogP) is 5.08. The van der Waals surface area contributed by atoms with Gasteiger partial charge in [0.15, 0.2) is 0 Å². The lowest BCUT2D eigenvalue weighted by Gasteiger charge is -2.30. The van der Waals surface area contributed by atoms with Gasteiger partial charge in [0.1, 0.15) is 5.75 Å². The van der Waals surface area contributed by atoms with E-state index in [1.165, 1.54) is 12.1 Å². The summed E-state index contributed by atoms with van der Waals surface area (Å²) in [5, 5.41) is 0. The average molecular weight is 391 g/mol. The number of ether oxygens (including phenoxy) is 1. The molecule has 1 fully saturated rings. The second kappa shape index (κ2) is 8.25. The molecule has 28 heavy (non-hydrogen) atoms. The Kier molecular flexibility index (Phi) is 5.96. The van der Waals surface area contributed by atoms with Gasteiger partial charge in [-0.05, 0) is 61.1 Å². The number of carbonyl (C=O) groups is 1. The van der Waals surface area contributed by atoms with Crippen molar-refractivity contribution in [1.82, 2.24) is 4.90 Å². The summed E-state index contributed by atoms with van der Waals surface area (Å²) in [7, 11) is 1.60. The molecule has 1 saturated carbocycles. The van der Waals surface area contributed by atoms with Crippen molar-refractivity contribution < 1.29 is 22.7 Å². The van der Waals surface area contributed by atoms with E-state index in [1.807, 2.05) is 36.1 Å². The van der Waals surface area contributed by atoms with Crippen LogP contribution in [0, 0.1) is 5.92 Å². The number of methoxy groups -OCH3 is 1. The van der Waals surface area contributed by atoms with Gasteiger partial charge in [-0.1, -0.05) is 24.3 Å². The molecule has 1 aliphatic carbocycles. The zero-order valence-corrected chi connectivity index (χ0v) is 16.0. The molecule has 6 heteroatoms. The van der Waals surface area contributed by atoms with E-state index in [2.05, 4.69) is 0 Å². The number of hydrogen-bond donors (Lipinski definition) is 0. The number of alkyl halides is 3. The number of benzene rings is 2. The molecule has 150 valence electrons. The average Bonchev–Trinajstić information content (AvgIpc) is 3.51. The van der Waals surface area contributed by atoms with E-state index in [0.717, 1.165) is 36.3 Å². The summed E-state index contributed by atoms with van der Waals surface area (Å²) < 4.78 is 43.3. The summed E-state index contributed by atoms with van der Waals surface area (Å²) in [5.41, 5.74) is 0.875. The van der Waals surface area contributed by atoms with Gasteiger partial charge in [-0.25, -0.2) is 0 Å². The third-order valence-electron chi connectivity index (χ3n) is 5.26. The van der Waals surface area contributed by atoms with Crippen LogP contribution >= 0.6 is 0 Å². The summed E-state index contributed by atoms with van der Waals surface area (Å²) in [6.45, 7) is 2.52. The summed E-state index contributed by atoms with van der Waals surface area (Å²) in [6, 6.07) is 12.5. The molecule has 0 saturated heterocycles. The Morgan fingerprint density at radius 2 is 1.64 bits per heavy atom. The van der Waals surface area contributed by atoms with Gasteiger partial charge in [0.25, 0.3) is 0 Å². The molecule has 0 aromatic heterocycles. The maximum atomic E-state index is 13.0. The largest absolute Gasteiger partial charge is 0.497 e. The van der Waals surface area contributed by atoms with Crippen LogP contribution in [0.1, 0.15) is 36.5 Å². The number of carbonyl (C=O) groups excluding carboxylic acids is 1. The Labute approximate surface area is 163 Å². The fourth-order valence-electron chi connectivity index (χ4n) is 3.31. The van der Waals surface area contributed by atoms with Gasteiger partial charge in [-0.3, -0.25) is 4.79 Å². The Morgan fingerprint density at radius 1 is 1.07 bits per heavy atom. The molecule has 3 rings (SSSR count). The van der Waals surface area contributed by atoms with E-state index >= 15 is 0 Å². The van der Waals surface area contributed by atoms with E-state index < -0.39 is 11.7 Å². The molecule has 1 amide bonds. The van der Waals surface area contributed by atoms with Crippen molar-refractivity contribution in [3.63, 3.8) is 0 Å². The standard InChI is InChI=1S/C22H24F3NO2/c1-15(18-7-8-18)26(14-17-5-11-20(28-2)12-6-17)21(27)13-16-3-9-19(10-4-16)22(23,24)25/h3-6,9-12,15,18H,7-8,13-14H2,1-2H3. The molecule has 2 aromatic rings. The van der Waals surface area contributed by atoms with Gasteiger partial charge in [0.05, 0.1) is 19.1 Å². The Morgan fingerprint density at radius 3 is 2.14 bits per heavy atom. The third kappa shape index (κ3) is 5.06. The lowest BCUT2D eigenvalue weighted by molar-refractivity contribution is -0.137. The van der Waals surface area contributed by atoms with Crippen LogP contribution in [0.2, 0.25) is 0 Å². The first-order chi connectivity index (χ1) is 13.3. The highest BCUT2D eigenvalue weighted by atomic mass is 19.4. The fourth-order valence-corrected chi connectivity index (χ4v) is 3.31. The Bertz CT molecular complexity index is 796. The lowest BCUT2D eigenvalue weighted by atomic mass is 10.1. The van der Waals surface area contributed by atoms with Crippen molar-refractivity contribution in [3.05, 3.63) is 65.2 Å². The van der Waals surface area contributed by atoms with Crippen molar-refractivity contribution in [3.8, 4) is 5.75 Å². The van der Waals surface area contributed by atoms with Crippen molar-refractivity contribution in [2.75, 3.05) is 7.11 Å². The number of nitrogens with zero attached hydrogens (tertiary/aromatic N) is 1. The molecule has 1 aliphatic rings. The van der Waals surface area contributed by atoms with Crippen molar-refractivity contribution in [1.29, 1.82) is 0 Å². The first kappa shape index (κ1) is 20.2. The molecule has 0 radical (unpaired) electrons. The molecule has 0 bridgehead atoms. The SMILES string of the molecule is COc1ccc(CN(C(=O)Cc2ccc(C(F)(F)F)cc2)C(C)C2CC2)cc1. The molecule has 0 N–H and O–H groups in total. The van der Waals surface area contributed by atoms with Crippen LogP contribution in [0.3, 0.4) is 0 Å². The van der Waals surface area contributed by atoms with Crippen LogP contribution in [0.15, 0.2) is 48.5 Å². The lowest BCUT2D eigenvalue weighted by Crippen LogP contribution is -2.40. The summed E-state index contributed by atoms with van der Waals surface area (Å²) in [6.07, 6.45) is -2.07. The van der Waals surface area contributed by atoms with Crippen LogP contribution in [0.25, 0.3) is 0 Å². The van der Waals surface area contributed by atoms with E-state index in [9.17, 15) is 18.0 Å². The van der Waals surface area contributed by atoms with Crippen LogP contribution in [0.5, 0.6) is 5.75 Å². The van der Waals surface area contributed by atoms with Gasteiger partial charge in [0, 0.05) is 12.6 Å². The van der Waals surface area contributed by atoms with E-state index in [1.54, 1.807) is 7.11 Å². The minimum atomic E-state index is -4.37. The number of hydrogen-bond acceptors (Lipinski definition) is 2. The van der Waals surface area contributed by atoms with Crippen LogP contribution in [-0.4, -0.2) is 24.0 Å². The minimum Gasteiger partial charge on any atom is -0.497 e. The highest BCUT2D eigenvalue weighted by Crippen LogP contribution is 2.36. The molecule has 0 spiro atoms. The maximum Gasteiger partial charge on any atom is 0.416 e. The molecule has 1 atom stereocenters. The van der Waals surface area contributed by atoms with Gasteiger partial charge < -0.3 is 9.64 Å². The van der Waals surface area contributed by atoms with Crippen LogP contribution in [0.4, 0.5) is 13.2 Å². The number of halogens is 3. The molecule has 0 aliphatic heterocycles. The topological polar surface area (TPSA) is 29.5 Å². The van der Waals surface area contributed by atoms with Crippen molar-refractivity contribution in [2.24, 2.45) is 5.92 Å². The second-order valence-electron chi connectivity index (χ2n) is 7.32. The van der Waals surface area contributed by atoms with Gasteiger partial charge in [-0.15, -0.1) is 0 Å².